The van der Waals surface area contributed by atoms with Gasteiger partial charge in [0.2, 0.25) is 5.91 Å². The van der Waals surface area contributed by atoms with Gasteiger partial charge >= 0.3 is 0 Å². The fraction of sp³-hybridized carbons (Fsp3) is 0.261. The van der Waals surface area contributed by atoms with E-state index in [4.69, 9.17) is 9.47 Å². The normalized spacial score (nSPS) is 15.2. The fourth-order valence-corrected chi connectivity index (χ4v) is 3.99. The lowest BCUT2D eigenvalue weighted by atomic mass is 10.1. The van der Waals surface area contributed by atoms with E-state index < -0.39 is 6.10 Å². The number of carbonyl (C=O) groups is 2. The van der Waals surface area contributed by atoms with Crippen molar-refractivity contribution < 1.29 is 19.1 Å². The molecule has 1 N–H and O–H groups in total. The summed E-state index contributed by atoms with van der Waals surface area (Å²) in [6.07, 6.45) is 0.466. The van der Waals surface area contributed by atoms with E-state index in [0.717, 1.165) is 17.0 Å². The molecule has 31 heavy (non-hydrogen) atoms. The number of ether oxygens (including phenoxy) is 2. The lowest BCUT2D eigenvalue weighted by Crippen LogP contribution is -2.41. The second-order valence-electron chi connectivity index (χ2n) is 7.19. The van der Waals surface area contributed by atoms with E-state index in [1.54, 1.807) is 18.9 Å². The van der Waals surface area contributed by atoms with Gasteiger partial charge in [-0.15, -0.1) is 11.3 Å². The van der Waals surface area contributed by atoms with Gasteiger partial charge in [0.1, 0.15) is 11.5 Å². The Morgan fingerprint density at radius 1 is 1.26 bits per heavy atom. The number of anilines is 2. The quantitative estimate of drug-likeness (QED) is 0.556. The van der Waals surface area contributed by atoms with Gasteiger partial charge in [-0.1, -0.05) is 18.2 Å². The van der Waals surface area contributed by atoms with E-state index in [2.05, 4.69) is 10.3 Å². The molecule has 2 heterocycles. The number of rotatable bonds is 7. The number of benzene rings is 2. The van der Waals surface area contributed by atoms with Gasteiger partial charge in [-0.05, 0) is 43.7 Å². The summed E-state index contributed by atoms with van der Waals surface area (Å²) >= 11 is 1.36. The predicted molar refractivity (Wildman–Crippen MR) is 121 cm³/mol. The number of nitrogens with one attached hydrogen (secondary N) is 1. The third-order valence-corrected chi connectivity index (χ3v) is 5.67. The minimum absolute atomic E-state index is 0.0906. The Hall–Kier alpha value is -3.39. The molecule has 0 radical (unpaired) electrons. The van der Waals surface area contributed by atoms with E-state index in [1.165, 1.54) is 11.3 Å². The summed E-state index contributed by atoms with van der Waals surface area (Å²) < 4.78 is 11.3. The van der Waals surface area contributed by atoms with Gasteiger partial charge < -0.3 is 19.7 Å². The van der Waals surface area contributed by atoms with Crippen molar-refractivity contribution in [3.05, 3.63) is 53.9 Å². The molecule has 1 unspecified atom stereocenters. The van der Waals surface area contributed by atoms with Crippen molar-refractivity contribution in [2.24, 2.45) is 0 Å². The zero-order valence-electron chi connectivity index (χ0n) is 17.3. The zero-order valence-corrected chi connectivity index (χ0v) is 18.1. The lowest BCUT2D eigenvalue weighted by molar-refractivity contribution is -0.125. The average molecular weight is 438 g/mol. The molecule has 0 bridgehead atoms. The van der Waals surface area contributed by atoms with Crippen LogP contribution in [0.25, 0.3) is 11.3 Å². The zero-order chi connectivity index (χ0) is 21.8. The van der Waals surface area contributed by atoms with Crippen molar-refractivity contribution in [1.82, 2.24) is 4.98 Å². The topological polar surface area (TPSA) is 80.8 Å². The Balaban J connectivity index is 1.33. The van der Waals surface area contributed by atoms with Crippen LogP contribution in [0.1, 0.15) is 19.8 Å². The van der Waals surface area contributed by atoms with Crippen LogP contribution in [0.2, 0.25) is 0 Å². The maximum absolute atomic E-state index is 12.2. The highest BCUT2D eigenvalue weighted by atomic mass is 32.1. The molecule has 3 aromatic rings. The number of nitrogens with zero attached hydrogens (tertiary/aromatic N) is 2. The smallest absolute Gasteiger partial charge is 0.267 e. The highest BCUT2D eigenvalue weighted by molar-refractivity contribution is 7.14. The maximum atomic E-state index is 12.2. The molecular weight excluding hydrogens is 414 g/mol. The van der Waals surface area contributed by atoms with Crippen molar-refractivity contribution >= 4 is 34.0 Å². The molecule has 160 valence electrons. The highest BCUT2D eigenvalue weighted by Crippen LogP contribution is 2.37. The minimum atomic E-state index is -0.498. The van der Waals surface area contributed by atoms with Gasteiger partial charge in [0.05, 0.1) is 18.0 Å². The summed E-state index contributed by atoms with van der Waals surface area (Å²) in [4.78, 5) is 30.5. The molecule has 1 aliphatic heterocycles. The molecule has 1 aliphatic rings. The number of aromatic nitrogens is 1. The highest BCUT2D eigenvalue weighted by Gasteiger charge is 2.29. The van der Waals surface area contributed by atoms with Crippen LogP contribution in [0.5, 0.6) is 11.5 Å². The molecule has 1 atom stereocenters. The van der Waals surface area contributed by atoms with Gasteiger partial charge in [0.15, 0.2) is 11.2 Å². The maximum Gasteiger partial charge on any atom is 0.267 e. The number of thiazole rings is 1. The van der Waals surface area contributed by atoms with Crippen LogP contribution >= 0.6 is 11.3 Å². The Kier molecular flexibility index (Phi) is 6.18. The molecule has 1 aromatic heterocycles. The summed E-state index contributed by atoms with van der Waals surface area (Å²) in [7, 11) is 1.73. The van der Waals surface area contributed by atoms with E-state index in [1.807, 2.05) is 53.9 Å². The van der Waals surface area contributed by atoms with Crippen LogP contribution < -0.4 is 19.7 Å². The Labute approximate surface area is 184 Å². The first-order valence-corrected chi connectivity index (χ1v) is 10.9. The molecule has 4 rings (SSSR count). The molecule has 0 fully saturated rings. The number of para-hydroxylation sites is 1. The van der Waals surface area contributed by atoms with Crippen LogP contribution in [-0.2, 0) is 9.59 Å². The summed E-state index contributed by atoms with van der Waals surface area (Å²) in [5.41, 5.74) is 2.29. The minimum Gasteiger partial charge on any atom is -0.494 e. The second-order valence-corrected chi connectivity index (χ2v) is 8.05. The first-order valence-electron chi connectivity index (χ1n) is 10.0. The lowest BCUT2D eigenvalue weighted by Gasteiger charge is -2.30. The first-order chi connectivity index (χ1) is 15.0. The number of carbonyl (C=O) groups excluding carboxylic acids is 2. The number of hydrogen-bond acceptors (Lipinski definition) is 6. The third-order valence-electron chi connectivity index (χ3n) is 4.91. The summed E-state index contributed by atoms with van der Waals surface area (Å²) in [6.45, 7) is 2.21. The molecule has 0 aliphatic carbocycles. The van der Waals surface area contributed by atoms with Crippen molar-refractivity contribution in [2.75, 3.05) is 23.9 Å². The largest absolute Gasteiger partial charge is 0.494 e. The summed E-state index contributed by atoms with van der Waals surface area (Å²) in [5.74, 6) is 1.27. The van der Waals surface area contributed by atoms with Crippen molar-refractivity contribution in [3.63, 3.8) is 0 Å². The van der Waals surface area contributed by atoms with E-state index >= 15 is 0 Å². The van der Waals surface area contributed by atoms with Crippen molar-refractivity contribution in [1.29, 1.82) is 0 Å². The van der Waals surface area contributed by atoms with Gasteiger partial charge in [-0.3, -0.25) is 9.59 Å². The molecule has 2 amide bonds. The SMILES string of the molecule is CC1Oc2ccc(-c3csc(NC(=O)CCCOc4ccccc4)n3)cc2N(C)C1=O. The van der Waals surface area contributed by atoms with Crippen LogP contribution in [0.3, 0.4) is 0 Å². The monoisotopic (exact) mass is 437 g/mol. The molecular formula is C23H23N3O4S. The van der Waals surface area contributed by atoms with Crippen LogP contribution in [-0.4, -0.2) is 36.6 Å². The van der Waals surface area contributed by atoms with Gasteiger partial charge in [0, 0.05) is 24.4 Å². The number of amides is 2. The number of hydrogen-bond donors (Lipinski definition) is 1. The fourth-order valence-electron chi connectivity index (χ4n) is 3.26. The van der Waals surface area contributed by atoms with E-state index in [-0.39, 0.29) is 11.8 Å². The molecule has 0 saturated heterocycles. The van der Waals surface area contributed by atoms with Crippen LogP contribution in [0, 0.1) is 0 Å². The van der Waals surface area contributed by atoms with Gasteiger partial charge in [-0.2, -0.15) is 0 Å². The molecule has 0 saturated carbocycles. The number of fused-ring (bicyclic) bond motifs is 1. The summed E-state index contributed by atoms with van der Waals surface area (Å²) in [5, 5.41) is 5.26. The molecule has 8 heteroatoms. The summed E-state index contributed by atoms with van der Waals surface area (Å²) in [6, 6.07) is 15.1. The first kappa shape index (κ1) is 20.9. The average Bonchev–Trinajstić information content (AvgIpc) is 3.24. The molecule has 7 nitrogen and oxygen atoms in total. The van der Waals surface area contributed by atoms with Crippen LogP contribution in [0.4, 0.5) is 10.8 Å². The Morgan fingerprint density at radius 2 is 2.06 bits per heavy atom. The molecule has 0 spiro atoms. The van der Waals surface area contributed by atoms with Crippen LogP contribution in [0.15, 0.2) is 53.9 Å². The number of likely N-dealkylation sites (N-methyl/N-ethyl adjacent to an activating group) is 1. The predicted octanol–water partition coefficient (Wildman–Crippen LogP) is 4.35. The van der Waals surface area contributed by atoms with E-state index in [9.17, 15) is 9.59 Å². The van der Waals surface area contributed by atoms with Crippen molar-refractivity contribution in [2.45, 2.75) is 25.9 Å². The molecule has 2 aromatic carbocycles. The third kappa shape index (κ3) is 4.86. The van der Waals surface area contributed by atoms with Crippen molar-refractivity contribution in [3.8, 4) is 22.8 Å². The Bertz CT molecular complexity index is 1080. The Morgan fingerprint density at radius 3 is 2.87 bits per heavy atom. The van der Waals surface area contributed by atoms with Gasteiger partial charge in [0.25, 0.3) is 5.91 Å². The second kappa shape index (κ2) is 9.18. The van der Waals surface area contributed by atoms with E-state index in [0.29, 0.717) is 36.0 Å². The standard InChI is InChI=1S/C23H23N3O4S/c1-15-22(28)26(2)19-13-16(10-11-20(19)30-15)18-14-31-23(24-18)25-21(27)9-6-12-29-17-7-4-3-5-8-17/h3-5,7-8,10-11,13-15H,6,9,12H2,1-2H3,(H,24,25,27). The van der Waals surface area contributed by atoms with Gasteiger partial charge in [-0.25, -0.2) is 4.98 Å².